The molecule has 1 amide bonds. The van der Waals surface area contributed by atoms with Crippen molar-refractivity contribution in [2.75, 3.05) is 22.9 Å². The number of benzene rings is 1. The Bertz CT molecular complexity index is 1090. The summed E-state index contributed by atoms with van der Waals surface area (Å²) in [5.74, 6) is -0.741. The van der Waals surface area contributed by atoms with E-state index in [-0.39, 0.29) is 35.7 Å². The Morgan fingerprint density at radius 2 is 1.97 bits per heavy atom. The normalized spacial score (nSPS) is 12.3. The van der Waals surface area contributed by atoms with Gasteiger partial charge in [0, 0.05) is 17.5 Å². The number of halogens is 4. The van der Waals surface area contributed by atoms with Crippen LogP contribution in [0.25, 0.3) is 5.82 Å². The summed E-state index contributed by atoms with van der Waals surface area (Å²) in [4.78, 5) is 24.1. The Labute approximate surface area is 185 Å². The maximum Gasteiger partial charge on any atom is 0.405 e. The van der Waals surface area contributed by atoms with Gasteiger partial charge >= 0.3 is 6.18 Å². The molecule has 0 saturated carbocycles. The lowest BCUT2D eigenvalue weighted by molar-refractivity contribution is -0.138. The lowest BCUT2D eigenvalue weighted by Crippen LogP contribution is -2.43. The number of hydrogen-bond donors (Lipinski definition) is 4. The van der Waals surface area contributed by atoms with Gasteiger partial charge in [-0.05, 0) is 30.7 Å². The van der Waals surface area contributed by atoms with Gasteiger partial charge in [0.25, 0.3) is 0 Å². The standard InChI is InChI=1S/C18H19F4N9O.4H2/c1-2-12(15(32)24-8-18(20,21)22)28-13-7-14(26-9-25-13)31-16(23)29-17(30-31)27-11-5-3-10(19)4-6-11;;;;/h3-7,9,12H,2,8H2,1H3,(H,24,32)(H,25,26,28)(H3,23,27,29,30);4*1H/t12-;;;;/m0..../s1. The first-order valence-electron chi connectivity index (χ1n) is 9.33. The molecule has 10 nitrogen and oxygen atoms in total. The van der Waals surface area contributed by atoms with Crippen LogP contribution in [0.5, 0.6) is 0 Å². The Hall–Kier alpha value is -3.97. The fourth-order valence-corrected chi connectivity index (χ4v) is 2.59. The van der Waals surface area contributed by atoms with Gasteiger partial charge in [-0.25, -0.2) is 14.4 Å². The molecule has 32 heavy (non-hydrogen) atoms. The van der Waals surface area contributed by atoms with Gasteiger partial charge in [-0.1, -0.05) is 6.92 Å². The van der Waals surface area contributed by atoms with Crippen LogP contribution in [0.15, 0.2) is 36.7 Å². The van der Waals surface area contributed by atoms with Crippen LogP contribution >= 0.6 is 0 Å². The Kier molecular flexibility index (Phi) is 6.70. The number of rotatable bonds is 8. The largest absolute Gasteiger partial charge is 0.405 e. The molecule has 178 valence electrons. The van der Waals surface area contributed by atoms with E-state index in [1.54, 1.807) is 6.92 Å². The third-order valence-corrected chi connectivity index (χ3v) is 4.11. The molecule has 3 aromatic rings. The number of hydrogen-bond acceptors (Lipinski definition) is 8. The molecule has 0 aliphatic carbocycles. The van der Waals surface area contributed by atoms with Gasteiger partial charge in [0.15, 0.2) is 5.82 Å². The number of anilines is 4. The highest BCUT2D eigenvalue weighted by atomic mass is 19.4. The zero-order valence-electron chi connectivity index (χ0n) is 16.7. The van der Waals surface area contributed by atoms with Crippen LogP contribution in [0.2, 0.25) is 0 Å². The van der Waals surface area contributed by atoms with E-state index in [0.29, 0.717) is 5.69 Å². The fourth-order valence-electron chi connectivity index (χ4n) is 2.59. The number of nitrogens with zero attached hydrogens (tertiary/aromatic N) is 5. The van der Waals surface area contributed by atoms with Crippen LogP contribution < -0.4 is 21.7 Å². The Morgan fingerprint density at radius 3 is 2.62 bits per heavy atom. The lowest BCUT2D eigenvalue weighted by atomic mass is 10.2. The maximum absolute atomic E-state index is 13.0. The fraction of sp³-hybridized carbons (Fsp3) is 0.278. The van der Waals surface area contributed by atoms with Crippen molar-refractivity contribution in [3.8, 4) is 5.82 Å². The molecule has 3 rings (SSSR count). The van der Waals surface area contributed by atoms with Crippen molar-refractivity contribution in [2.45, 2.75) is 25.6 Å². The topological polar surface area (TPSA) is 136 Å². The summed E-state index contributed by atoms with van der Waals surface area (Å²) >= 11 is 0. The number of carbonyl (C=O) groups excluding carboxylic acids is 1. The first-order valence-corrected chi connectivity index (χ1v) is 9.33. The van der Waals surface area contributed by atoms with Gasteiger partial charge in [0.1, 0.15) is 30.5 Å². The molecule has 2 heterocycles. The van der Waals surface area contributed by atoms with Gasteiger partial charge in [-0.3, -0.25) is 4.79 Å². The van der Waals surface area contributed by atoms with Gasteiger partial charge in [-0.2, -0.15) is 22.8 Å². The van der Waals surface area contributed by atoms with E-state index in [2.05, 4.69) is 30.7 Å². The van der Waals surface area contributed by atoms with Gasteiger partial charge < -0.3 is 21.7 Å². The molecule has 0 spiro atoms. The molecule has 0 aliphatic rings. The maximum atomic E-state index is 13.0. The molecule has 5 N–H and O–H groups in total. The number of nitrogen functional groups attached to an aromatic ring is 1. The predicted molar refractivity (Wildman–Crippen MR) is 116 cm³/mol. The van der Waals surface area contributed by atoms with Crippen LogP contribution in [0.3, 0.4) is 0 Å². The molecule has 1 atom stereocenters. The summed E-state index contributed by atoms with van der Waals surface area (Å²) in [7, 11) is 0. The van der Waals surface area contributed by atoms with E-state index in [1.165, 1.54) is 41.3 Å². The molecule has 0 saturated heterocycles. The lowest BCUT2D eigenvalue weighted by Gasteiger charge is -2.18. The van der Waals surface area contributed by atoms with Gasteiger partial charge in [0.05, 0.1) is 0 Å². The minimum atomic E-state index is -4.51. The van der Waals surface area contributed by atoms with E-state index in [0.717, 1.165) is 0 Å². The molecule has 0 aliphatic heterocycles. The summed E-state index contributed by atoms with van der Waals surface area (Å²) in [5, 5.41) is 11.6. The van der Waals surface area contributed by atoms with Crippen LogP contribution in [-0.4, -0.2) is 49.4 Å². The molecular formula is C18H27F4N9O. The van der Waals surface area contributed by atoms with Crippen molar-refractivity contribution in [3.63, 3.8) is 0 Å². The van der Waals surface area contributed by atoms with Gasteiger partial charge in [0.2, 0.25) is 17.8 Å². The second kappa shape index (κ2) is 9.45. The highest BCUT2D eigenvalue weighted by molar-refractivity contribution is 5.84. The predicted octanol–water partition coefficient (Wildman–Crippen LogP) is 3.38. The second-order valence-electron chi connectivity index (χ2n) is 6.54. The van der Waals surface area contributed by atoms with Crippen LogP contribution in [0.4, 0.5) is 41.0 Å². The summed E-state index contributed by atoms with van der Waals surface area (Å²) in [6.07, 6.45) is -3.13. The minimum absolute atomic E-state index is 0. The summed E-state index contributed by atoms with van der Waals surface area (Å²) in [5.41, 5.74) is 6.43. The number of nitrogens with one attached hydrogen (secondary N) is 3. The summed E-state index contributed by atoms with van der Waals surface area (Å²) in [6, 6.07) is 5.97. The van der Waals surface area contributed by atoms with Crippen LogP contribution in [0.1, 0.15) is 19.1 Å². The monoisotopic (exact) mass is 461 g/mol. The number of nitrogens with two attached hydrogens (primary N) is 1. The Morgan fingerprint density at radius 1 is 1.25 bits per heavy atom. The average molecular weight is 461 g/mol. The molecule has 1 aromatic carbocycles. The molecule has 0 fully saturated rings. The molecule has 14 heteroatoms. The average Bonchev–Trinajstić information content (AvgIpc) is 3.11. The van der Waals surface area contributed by atoms with Crippen LogP contribution in [-0.2, 0) is 4.79 Å². The van der Waals surface area contributed by atoms with Crippen molar-refractivity contribution in [2.24, 2.45) is 0 Å². The highest BCUT2D eigenvalue weighted by Gasteiger charge is 2.29. The molecule has 0 bridgehead atoms. The molecule has 0 unspecified atom stereocenters. The Balaban J connectivity index is 0. The van der Waals surface area contributed by atoms with Crippen molar-refractivity contribution in [3.05, 3.63) is 42.5 Å². The second-order valence-corrected chi connectivity index (χ2v) is 6.54. The smallest absolute Gasteiger partial charge is 0.368 e. The molecular weight excluding hydrogens is 434 g/mol. The van der Waals surface area contributed by atoms with Crippen molar-refractivity contribution in [1.82, 2.24) is 30.0 Å². The van der Waals surface area contributed by atoms with Crippen molar-refractivity contribution >= 4 is 29.3 Å². The van der Waals surface area contributed by atoms with Crippen LogP contribution in [0, 0.1) is 5.82 Å². The number of aromatic nitrogens is 5. The summed E-state index contributed by atoms with van der Waals surface area (Å²) < 4.78 is 51.3. The molecule has 0 radical (unpaired) electrons. The first-order chi connectivity index (χ1) is 15.1. The summed E-state index contributed by atoms with van der Waals surface area (Å²) in [6.45, 7) is 0.202. The van der Waals surface area contributed by atoms with Gasteiger partial charge in [-0.15, -0.1) is 5.10 Å². The zero-order valence-corrected chi connectivity index (χ0v) is 16.7. The van der Waals surface area contributed by atoms with E-state index in [1.807, 2.05) is 5.32 Å². The van der Waals surface area contributed by atoms with Crippen molar-refractivity contribution in [1.29, 1.82) is 0 Å². The number of amides is 1. The van der Waals surface area contributed by atoms with Crippen molar-refractivity contribution < 1.29 is 28.1 Å². The third-order valence-electron chi connectivity index (χ3n) is 4.11. The van der Waals surface area contributed by atoms with E-state index >= 15 is 0 Å². The number of carbonyl (C=O) groups is 1. The van der Waals surface area contributed by atoms with E-state index in [4.69, 9.17) is 5.73 Å². The quantitative estimate of drug-likeness (QED) is 0.375. The number of alkyl halides is 3. The minimum Gasteiger partial charge on any atom is -0.368 e. The SMILES string of the molecule is CC[C@H](Nc1cc(-n2nc(Nc3ccc(F)cc3)nc2N)ncn1)C(=O)NCC(F)(F)F.[HH].[HH].[HH].[HH]. The first kappa shape index (κ1) is 22.7. The van der Waals surface area contributed by atoms with E-state index in [9.17, 15) is 22.4 Å². The third kappa shape index (κ3) is 6.02. The molecule has 2 aromatic heterocycles. The highest BCUT2D eigenvalue weighted by Crippen LogP contribution is 2.18. The zero-order chi connectivity index (χ0) is 23.3. The van der Waals surface area contributed by atoms with E-state index < -0.39 is 30.5 Å².